The van der Waals surface area contributed by atoms with Crippen LogP contribution in [-0.4, -0.2) is 0 Å². The van der Waals surface area contributed by atoms with Crippen molar-refractivity contribution >= 4 is 0 Å². The Morgan fingerprint density at radius 1 is 1.00 bits per heavy atom. The second-order valence-corrected chi connectivity index (χ2v) is 7.74. The lowest BCUT2D eigenvalue weighted by Crippen LogP contribution is -2.43. The lowest BCUT2D eigenvalue weighted by Gasteiger charge is -2.29. The van der Waals surface area contributed by atoms with E-state index in [2.05, 4.69) is 59.1 Å². The molecule has 3 aromatic rings. The van der Waals surface area contributed by atoms with E-state index >= 15 is 0 Å². The summed E-state index contributed by atoms with van der Waals surface area (Å²) in [4.78, 5) is 4.00. The number of pyridine rings is 1. The van der Waals surface area contributed by atoms with Gasteiger partial charge >= 0.3 is 0 Å². The van der Waals surface area contributed by atoms with Crippen LogP contribution in [0.4, 0.5) is 4.39 Å². The van der Waals surface area contributed by atoms with Gasteiger partial charge in [-0.25, -0.2) is 15.5 Å². The van der Waals surface area contributed by atoms with Crippen molar-refractivity contribution in [2.75, 3.05) is 0 Å². The molecular formula is C25H24FN2+. The molecule has 0 N–H and O–H groups in total. The van der Waals surface area contributed by atoms with Gasteiger partial charge in [-0.05, 0) is 42.3 Å². The minimum atomic E-state index is -0.510. The third-order valence-electron chi connectivity index (χ3n) is 6.07. The van der Waals surface area contributed by atoms with Crippen LogP contribution in [0.25, 0.3) is 16.0 Å². The van der Waals surface area contributed by atoms with Gasteiger partial charge in [-0.15, -0.1) is 0 Å². The van der Waals surface area contributed by atoms with E-state index in [1.165, 1.54) is 28.8 Å². The van der Waals surface area contributed by atoms with E-state index in [0.717, 1.165) is 31.2 Å². The molecule has 3 heteroatoms. The van der Waals surface area contributed by atoms with Crippen molar-refractivity contribution in [3.05, 3.63) is 101 Å². The number of hydrogen-bond donors (Lipinski definition) is 0. The molecule has 2 aromatic carbocycles. The molecule has 0 aliphatic heterocycles. The highest BCUT2D eigenvalue weighted by Crippen LogP contribution is 2.43. The first kappa shape index (κ1) is 18.4. The number of rotatable bonds is 3. The van der Waals surface area contributed by atoms with Gasteiger partial charge in [0.15, 0.2) is 18.4 Å². The molecule has 28 heavy (non-hydrogen) atoms. The molecule has 1 heterocycles. The summed E-state index contributed by atoms with van der Waals surface area (Å²) in [5.41, 5.74) is 4.19. The lowest BCUT2D eigenvalue weighted by molar-refractivity contribution is -0.726. The van der Waals surface area contributed by atoms with E-state index in [9.17, 15) is 4.39 Å². The largest absolute Gasteiger partial charge is 0.305 e. The summed E-state index contributed by atoms with van der Waals surface area (Å²) < 4.78 is 15.6. The van der Waals surface area contributed by atoms with Crippen LogP contribution in [0.1, 0.15) is 42.9 Å². The monoisotopic (exact) mass is 371 g/mol. The average Bonchev–Trinajstić information content (AvgIpc) is 2.75. The zero-order valence-electron chi connectivity index (χ0n) is 16.1. The Balaban J connectivity index is 1.53. The molecule has 0 atom stereocenters. The van der Waals surface area contributed by atoms with Gasteiger partial charge in [-0.2, -0.15) is 0 Å². The predicted molar refractivity (Wildman–Crippen MR) is 109 cm³/mol. The van der Waals surface area contributed by atoms with Gasteiger partial charge < -0.3 is 4.85 Å². The first-order valence-corrected chi connectivity index (χ1v) is 9.83. The Labute approximate surface area is 166 Å². The van der Waals surface area contributed by atoms with Gasteiger partial charge in [-0.3, -0.25) is 0 Å². The summed E-state index contributed by atoms with van der Waals surface area (Å²) >= 11 is 0. The fourth-order valence-electron chi connectivity index (χ4n) is 4.40. The van der Waals surface area contributed by atoms with Crippen LogP contribution in [0.15, 0.2) is 73.1 Å². The maximum absolute atomic E-state index is 13.3. The van der Waals surface area contributed by atoms with Gasteiger partial charge in [0.05, 0.1) is 0 Å². The quantitative estimate of drug-likeness (QED) is 0.393. The molecule has 0 unspecified atom stereocenters. The molecule has 1 aliphatic carbocycles. The lowest BCUT2D eigenvalue weighted by atomic mass is 9.75. The summed E-state index contributed by atoms with van der Waals surface area (Å²) in [7, 11) is 0. The summed E-state index contributed by atoms with van der Waals surface area (Å²) in [6.45, 7) is 9.95. The van der Waals surface area contributed by atoms with Crippen LogP contribution in [0.3, 0.4) is 0 Å². The molecule has 2 nitrogen and oxygen atoms in total. The smallest absolute Gasteiger partial charge is 0.258 e. The molecule has 0 bridgehead atoms. The first-order valence-electron chi connectivity index (χ1n) is 9.83. The minimum absolute atomic E-state index is 0.248. The van der Waals surface area contributed by atoms with E-state index in [4.69, 9.17) is 6.57 Å². The van der Waals surface area contributed by atoms with Gasteiger partial charge in [0.2, 0.25) is 0 Å². The van der Waals surface area contributed by atoms with Crippen LogP contribution < -0.4 is 4.57 Å². The molecule has 1 saturated carbocycles. The zero-order valence-corrected chi connectivity index (χ0v) is 16.1. The Hall–Kier alpha value is -2.99. The summed E-state index contributed by atoms with van der Waals surface area (Å²) in [5, 5.41) is 0. The Bertz CT molecular complexity index is 995. The predicted octanol–water partition coefficient (Wildman–Crippen LogP) is 6.02. The van der Waals surface area contributed by atoms with Gasteiger partial charge in [0, 0.05) is 42.9 Å². The molecule has 1 aromatic heterocycles. The summed E-state index contributed by atoms with van der Waals surface area (Å²) in [5.74, 6) is -0.248. The van der Waals surface area contributed by atoms with Crippen LogP contribution in [0, 0.1) is 19.3 Å². The van der Waals surface area contributed by atoms with Crippen molar-refractivity contribution in [3.63, 3.8) is 0 Å². The highest BCUT2D eigenvalue weighted by molar-refractivity contribution is 5.65. The maximum Gasteiger partial charge on any atom is 0.258 e. The van der Waals surface area contributed by atoms with E-state index < -0.39 is 5.54 Å². The summed E-state index contributed by atoms with van der Waals surface area (Å²) in [6, 6.07) is 19.5. The van der Waals surface area contributed by atoms with Crippen molar-refractivity contribution in [3.8, 4) is 11.1 Å². The van der Waals surface area contributed by atoms with E-state index in [1.807, 2.05) is 6.07 Å². The number of nitrogens with zero attached hydrogens (tertiary/aromatic N) is 2. The Kier molecular flexibility index (Phi) is 4.96. The van der Waals surface area contributed by atoms with Crippen LogP contribution in [-0.2, 0) is 5.54 Å². The highest BCUT2D eigenvalue weighted by atomic mass is 19.1. The second-order valence-electron chi connectivity index (χ2n) is 7.74. The van der Waals surface area contributed by atoms with Gasteiger partial charge in [0.1, 0.15) is 5.82 Å². The molecule has 4 rings (SSSR count). The van der Waals surface area contributed by atoms with E-state index in [-0.39, 0.29) is 5.82 Å². The van der Waals surface area contributed by atoms with Crippen molar-refractivity contribution in [1.82, 2.24) is 0 Å². The number of aryl methyl sites for hydroxylation is 1. The highest BCUT2D eigenvalue weighted by Gasteiger charge is 2.45. The number of benzene rings is 2. The van der Waals surface area contributed by atoms with Crippen molar-refractivity contribution in [1.29, 1.82) is 0 Å². The fourth-order valence-corrected chi connectivity index (χ4v) is 4.40. The third kappa shape index (κ3) is 3.43. The average molecular weight is 371 g/mol. The van der Waals surface area contributed by atoms with Gasteiger partial charge in [0.25, 0.3) is 5.54 Å². The molecule has 0 radical (unpaired) electrons. The SMILES string of the molecule is [C-]#[N+]C1(c2ccc(F)cc2)CCC([n+]2ccc(-c3ccccc3)c(C)c2)CC1. The Morgan fingerprint density at radius 2 is 1.68 bits per heavy atom. The molecular weight excluding hydrogens is 347 g/mol. The molecule has 0 spiro atoms. The first-order chi connectivity index (χ1) is 13.6. The van der Waals surface area contributed by atoms with E-state index in [1.54, 1.807) is 12.1 Å². The molecule has 140 valence electrons. The van der Waals surface area contributed by atoms with Crippen LogP contribution >= 0.6 is 0 Å². The zero-order chi connectivity index (χ0) is 19.6. The molecule has 1 aliphatic rings. The normalized spacial score (nSPS) is 21.8. The third-order valence-corrected chi connectivity index (χ3v) is 6.07. The fraction of sp³-hybridized carbons (Fsp3) is 0.280. The Morgan fingerprint density at radius 3 is 2.29 bits per heavy atom. The molecule has 1 fully saturated rings. The van der Waals surface area contributed by atoms with Crippen molar-refractivity contribution in [2.24, 2.45) is 0 Å². The molecule has 0 saturated heterocycles. The van der Waals surface area contributed by atoms with Crippen molar-refractivity contribution in [2.45, 2.75) is 44.2 Å². The number of halogens is 1. The minimum Gasteiger partial charge on any atom is -0.305 e. The topological polar surface area (TPSA) is 8.24 Å². The number of hydrogen-bond acceptors (Lipinski definition) is 0. The number of aromatic nitrogens is 1. The van der Waals surface area contributed by atoms with E-state index in [0.29, 0.717) is 6.04 Å². The van der Waals surface area contributed by atoms with Gasteiger partial charge in [-0.1, -0.05) is 30.3 Å². The maximum atomic E-state index is 13.3. The summed E-state index contributed by atoms with van der Waals surface area (Å²) in [6.07, 6.45) is 7.92. The molecule has 0 amide bonds. The van der Waals surface area contributed by atoms with Crippen LogP contribution in [0.2, 0.25) is 0 Å². The van der Waals surface area contributed by atoms with Crippen molar-refractivity contribution < 1.29 is 8.96 Å². The second kappa shape index (κ2) is 7.56. The van der Waals surface area contributed by atoms with Crippen LogP contribution in [0.5, 0.6) is 0 Å². The standard InChI is InChI=1S/C25H24FN2/c1-19-18-28(17-14-24(19)20-6-4-3-5-7-20)23-12-15-25(27-2,16-13-23)21-8-10-22(26)11-9-21/h3-11,14,17-18,23H,12-13,15-16H2,1H3/q+1.